The second kappa shape index (κ2) is 9.15. The highest BCUT2D eigenvalue weighted by Gasteiger charge is 2.49. The summed E-state index contributed by atoms with van der Waals surface area (Å²) in [5.74, 6) is 0.633. The van der Waals surface area contributed by atoms with E-state index in [1.54, 1.807) is 25.3 Å². The quantitative estimate of drug-likeness (QED) is 0.454. The van der Waals surface area contributed by atoms with Crippen LogP contribution in [0, 0.1) is 0 Å². The molecule has 1 aromatic carbocycles. The van der Waals surface area contributed by atoms with Gasteiger partial charge in [-0.25, -0.2) is 4.79 Å². The van der Waals surface area contributed by atoms with E-state index in [2.05, 4.69) is 4.90 Å². The lowest BCUT2D eigenvalue weighted by Crippen LogP contribution is -2.49. The molecule has 0 aromatic heterocycles. The third kappa shape index (κ3) is 5.27. The molecule has 0 radical (unpaired) electrons. The van der Waals surface area contributed by atoms with Gasteiger partial charge in [-0.2, -0.15) is 0 Å². The number of halogens is 1. The van der Waals surface area contributed by atoms with E-state index >= 15 is 0 Å². The van der Waals surface area contributed by atoms with Crippen LogP contribution in [0.1, 0.15) is 63.2 Å². The smallest absolute Gasteiger partial charge is 0.410 e. The summed E-state index contributed by atoms with van der Waals surface area (Å²) in [5, 5.41) is 0.541. The van der Waals surface area contributed by atoms with E-state index in [1.165, 1.54) is 0 Å². The maximum Gasteiger partial charge on any atom is 0.410 e. The highest BCUT2D eigenvalue weighted by atomic mass is 35.5. The minimum Gasteiger partial charge on any atom is -0.496 e. The average molecular weight is 437 g/mol. The van der Waals surface area contributed by atoms with Gasteiger partial charge in [0.2, 0.25) is 0 Å². The molecule has 0 aliphatic carbocycles. The SMILES string of the molecule is COc1ccc(Cl)cc1C(=O)CCCCN1CCC2(CC1)CN(C(C)(C)C)C(=O)O2. The lowest BCUT2D eigenvalue weighted by Gasteiger charge is -2.38. The number of hydrogen-bond donors (Lipinski definition) is 0. The number of benzene rings is 1. The Hall–Kier alpha value is -1.79. The molecule has 1 spiro atoms. The summed E-state index contributed by atoms with van der Waals surface area (Å²) in [6.07, 6.45) is 3.80. The van der Waals surface area contributed by atoms with Crippen molar-refractivity contribution in [2.24, 2.45) is 0 Å². The van der Waals surface area contributed by atoms with Gasteiger partial charge in [0.05, 0.1) is 19.2 Å². The van der Waals surface area contributed by atoms with Crippen molar-refractivity contribution < 1.29 is 19.1 Å². The van der Waals surface area contributed by atoms with Crippen LogP contribution in [0.4, 0.5) is 4.79 Å². The van der Waals surface area contributed by atoms with Crippen LogP contribution in [0.15, 0.2) is 18.2 Å². The van der Waals surface area contributed by atoms with Crippen LogP contribution in [0.25, 0.3) is 0 Å². The van der Waals surface area contributed by atoms with Crippen LogP contribution in [-0.2, 0) is 4.74 Å². The van der Waals surface area contributed by atoms with Crippen molar-refractivity contribution in [3.05, 3.63) is 28.8 Å². The second-order valence-electron chi connectivity index (χ2n) is 9.37. The molecular formula is C23H33ClN2O4. The Morgan fingerprint density at radius 1 is 1.23 bits per heavy atom. The van der Waals surface area contributed by atoms with E-state index in [9.17, 15) is 9.59 Å². The first-order valence-corrected chi connectivity index (χ1v) is 11.1. The minimum absolute atomic E-state index is 0.0621. The predicted octanol–water partition coefficient (Wildman–Crippen LogP) is 4.79. The van der Waals surface area contributed by atoms with Gasteiger partial charge in [0.25, 0.3) is 0 Å². The Kier molecular flexibility index (Phi) is 6.98. The number of amides is 1. The number of nitrogens with zero attached hydrogens (tertiary/aromatic N) is 2. The average Bonchev–Trinajstić information content (AvgIpc) is 3.03. The van der Waals surface area contributed by atoms with Crippen molar-refractivity contribution in [3.8, 4) is 5.75 Å². The van der Waals surface area contributed by atoms with E-state index in [0.29, 0.717) is 29.3 Å². The molecule has 6 nitrogen and oxygen atoms in total. The minimum atomic E-state index is -0.333. The molecule has 2 fully saturated rings. The lowest BCUT2D eigenvalue weighted by atomic mass is 9.90. The zero-order valence-corrected chi connectivity index (χ0v) is 19.3. The fourth-order valence-corrected chi connectivity index (χ4v) is 4.41. The molecule has 0 atom stereocenters. The predicted molar refractivity (Wildman–Crippen MR) is 118 cm³/mol. The van der Waals surface area contributed by atoms with E-state index in [1.807, 2.05) is 25.7 Å². The Morgan fingerprint density at radius 2 is 1.93 bits per heavy atom. The third-order valence-corrected chi connectivity index (χ3v) is 6.37. The normalized spacial score (nSPS) is 19.2. The van der Waals surface area contributed by atoms with E-state index < -0.39 is 0 Å². The third-order valence-electron chi connectivity index (χ3n) is 6.14. The molecule has 1 amide bonds. The first-order chi connectivity index (χ1) is 14.1. The summed E-state index contributed by atoms with van der Waals surface area (Å²) in [7, 11) is 1.56. The van der Waals surface area contributed by atoms with Crippen LogP contribution in [0.3, 0.4) is 0 Å². The molecule has 3 rings (SSSR count). The summed E-state index contributed by atoms with van der Waals surface area (Å²) in [6.45, 7) is 9.60. The van der Waals surface area contributed by atoms with Crippen molar-refractivity contribution in [1.82, 2.24) is 9.80 Å². The van der Waals surface area contributed by atoms with E-state index in [-0.39, 0.29) is 23.0 Å². The maximum absolute atomic E-state index is 12.5. The summed E-state index contributed by atoms with van der Waals surface area (Å²) in [6, 6.07) is 5.13. The summed E-state index contributed by atoms with van der Waals surface area (Å²) in [5.41, 5.74) is 0.00643. The number of rotatable bonds is 7. The second-order valence-corrected chi connectivity index (χ2v) is 9.81. The van der Waals surface area contributed by atoms with E-state index in [4.69, 9.17) is 21.1 Å². The summed E-state index contributed by atoms with van der Waals surface area (Å²) >= 11 is 6.03. The van der Waals surface area contributed by atoms with Crippen LogP contribution in [-0.4, -0.2) is 66.1 Å². The topological polar surface area (TPSA) is 59.1 Å². The van der Waals surface area contributed by atoms with Gasteiger partial charge in [0, 0.05) is 42.9 Å². The first-order valence-electron chi connectivity index (χ1n) is 10.7. The van der Waals surface area contributed by atoms with Crippen LogP contribution in [0.2, 0.25) is 5.02 Å². The maximum atomic E-state index is 12.5. The standard InChI is InChI=1S/C23H33ClN2O4/c1-22(2,3)26-16-23(30-21(26)28)10-13-25(14-11-23)12-6-5-7-19(27)18-15-17(24)8-9-20(18)29-4/h8-9,15H,5-7,10-14,16H2,1-4H3. The fourth-order valence-electron chi connectivity index (χ4n) is 4.23. The highest BCUT2D eigenvalue weighted by Crippen LogP contribution is 2.36. The molecular weight excluding hydrogens is 404 g/mol. The number of carbonyl (C=O) groups excluding carboxylic acids is 2. The molecule has 2 saturated heterocycles. The number of Topliss-reactive ketones (excluding diaryl/α,β-unsaturated/α-hetero) is 1. The Labute approximate surface area is 184 Å². The molecule has 0 unspecified atom stereocenters. The first kappa shape index (κ1) is 22.9. The van der Waals surface area contributed by atoms with Gasteiger partial charge in [-0.15, -0.1) is 0 Å². The van der Waals surface area contributed by atoms with Crippen molar-refractivity contribution in [2.45, 2.75) is 64.0 Å². The van der Waals surface area contributed by atoms with Gasteiger partial charge in [0.1, 0.15) is 11.4 Å². The van der Waals surface area contributed by atoms with Gasteiger partial charge >= 0.3 is 6.09 Å². The van der Waals surface area contributed by atoms with Gasteiger partial charge < -0.3 is 14.4 Å². The number of ether oxygens (including phenoxy) is 2. The van der Waals surface area contributed by atoms with Crippen LogP contribution >= 0.6 is 11.6 Å². The van der Waals surface area contributed by atoms with Gasteiger partial charge in [-0.3, -0.25) is 9.69 Å². The summed E-state index contributed by atoms with van der Waals surface area (Å²) in [4.78, 5) is 29.1. The number of piperidine rings is 1. The Balaban J connectivity index is 1.41. The van der Waals surface area contributed by atoms with Crippen molar-refractivity contribution >= 4 is 23.5 Å². The molecule has 2 aliphatic rings. The lowest BCUT2D eigenvalue weighted by molar-refractivity contribution is 0.000253. The van der Waals surface area contributed by atoms with Gasteiger partial charge in [-0.1, -0.05) is 11.6 Å². The Morgan fingerprint density at radius 3 is 2.53 bits per heavy atom. The highest BCUT2D eigenvalue weighted by molar-refractivity contribution is 6.31. The molecule has 0 N–H and O–H groups in total. The van der Waals surface area contributed by atoms with Crippen LogP contribution < -0.4 is 4.74 Å². The fraction of sp³-hybridized carbons (Fsp3) is 0.652. The van der Waals surface area contributed by atoms with Gasteiger partial charge in [0.15, 0.2) is 5.78 Å². The number of carbonyl (C=O) groups is 2. The van der Waals surface area contributed by atoms with Crippen LogP contribution in [0.5, 0.6) is 5.75 Å². The summed E-state index contributed by atoms with van der Waals surface area (Å²) < 4.78 is 11.1. The van der Waals surface area contributed by atoms with Crippen molar-refractivity contribution in [2.75, 3.05) is 33.3 Å². The Bertz CT molecular complexity index is 782. The number of unbranched alkanes of at least 4 members (excludes halogenated alkanes) is 1. The zero-order valence-electron chi connectivity index (χ0n) is 18.5. The molecule has 1 aromatic rings. The largest absolute Gasteiger partial charge is 0.496 e. The van der Waals surface area contributed by atoms with Crippen molar-refractivity contribution in [3.63, 3.8) is 0 Å². The monoisotopic (exact) mass is 436 g/mol. The van der Waals surface area contributed by atoms with Crippen molar-refractivity contribution in [1.29, 1.82) is 0 Å². The van der Waals surface area contributed by atoms with E-state index in [0.717, 1.165) is 45.3 Å². The molecule has 2 heterocycles. The molecule has 166 valence electrons. The molecule has 0 bridgehead atoms. The number of likely N-dealkylation sites (tertiary alicyclic amines) is 1. The molecule has 0 saturated carbocycles. The number of methoxy groups -OCH3 is 1. The molecule has 7 heteroatoms. The zero-order chi connectivity index (χ0) is 21.9. The van der Waals surface area contributed by atoms with Gasteiger partial charge in [-0.05, 0) is 58.4 Å². The molecule has 30 heavy (non-hydrogen) atoms. The molecule has 2 aliphatic heterocycles. The number of hydrogen-bond acceptors (Lipinski definition) is 5. The number of ketones is 1.